The molecule has 1 aliphatic rings. The van der Waals surface area contributed by atoms with E-state index in [1.807, 2.05) is 31.1 Å². The van der Waals surface area contributed by atoms with E-state index in [1.54, 1.807) is 12.1 Å². The Morgan fingerprint density at radius 1 is 1.06 bits per heavy atom. The molecule has 0 spiro atoms. The molecule has 33 heavy (non-hydrogen) atoms. The Morgan fingerprint density at radius 2 is 1.79 bits per heavy atom. The first-order valence-electron chi connectivity index (χ1n) is 10.1. The third-order valence-corrected chi connectivity index (χ3v) is 4.82. The zero-order valence-electron chi connectivity index (χ0n) is 18.0. The number of azo groups is 1. The standard InChI is InChI=1S/C24H21FN4O4/c1-29(2)17-6-3-15(4-7-17)27-28-16-5-9-19(21(25)13-16)24(31)33-18-8-10-20(22(30)14-18)23-26-11-12-32-23/h3-10,13-14,30H,11-12H2,1-2H3/b28-27+. The highest BCUT2D eigenvalue weighted by Crippen LogP contribution is 2.27. The molecule has 0 amide bonds. The van der Waals surface area contributed by atoms with Gasteiger partial charge in [-0.3, -0.25) is 0 Å². The normalized spacial score (nSPS) is 13.0. The Bertz CT molecular complexity index is 1240. The summed E-state index contributed by atoms with van der Waals surface area (Å²) in [6.07, 6.45) is 0. The summed E-state index contributed by atoms with van der Waals surface area (Å²) in [6.45, 7) is 0.964. The number of aliphatic imine (C=N–C) groups is 1. The predicted octanol–water partition coefficient (Wildman–Crippen LogP) is 5.01. The third-order valence-electron chi connectivity index (χ3n) is 4.82. The fourth-order valence-electron chi connectivity index (χ4n) is 3.08. The number of carbonyl (C=O) groups excluding carboxylic acids is 1. The molecule has 0 aromatic heterocycles. The molecule has 8 nitrogen and oxygen atoms in total. The van der Waals surface area contributed by atoms with Gasteiger partial charge in [-0.1, -0.05) is 0 Å². The average molecular weight is 448 g/mol. The van der Waals surface area contributed by atoms with E-state index in [2.05, 4.69) is 15.2 Å². The van der Waals surface area contributed by atoms with Gasteiger partial charge in [-0.2, -0.15) is 10.2 Å². The van der Waals surface area contributed by atoms with Crippen LogP contribution in [-0.2, 0) is 4.74 Å². The molecule has 1 aliphatic heterocycles. The van der Waals surface area contributed by atoms with Crippen molar-refractivity contribution in [2.75, 3.05) is 32.1 Å². The Morgan fingerprint density at radius 3 is 2.42 bits per heavy atom. The van der Waals surface area contributed by atoms with Crippen LogP contribution in [0.4, 0.5) is 21.5 Å². The maximum atomic E-state index is 14.5. The number of aromatic hydroxyl groups is 1. The predicted molar refractivity (Wildman–Crippen MR) is 122 cm³/mol. The summed E-state index contributed by atoms with van der Waals surface area (Å²) in [5.41, 5.74) is 2.01. The second-order valence-electron chi connectivity index (χ2n) is 7.38. The van der Waals surface area contributed by atoms with E-state index in [-0.39, 0.29) is 22.7 Å². The van der Waals surface area contributed by atoms with Crippen molar-refractivity contribution in [1.29, 1.82) is 0 Å². The molecule has 0 unspecified atom stereocenters. The van der Waals surface area contributed by atoms with E-state index in [0.29, 0.717) is 30.3 Å². The molecule has 1 N–H and O–H groups in total. The second kappa shape index (κ2) is 9.47. The van der Waals surface area contributed by atoms with E-state index < -0.39 is 11.8 Å². The molecule has 9 heteroatoms. The number of carbonyl (C=O) groups is 1. The van der Waals surface area contributed by atoms with Crippen molar-refractivity contribution in [3.8, 4) is 11.5 Å². The molecule has 1 heterocycles. The average Bonchev–Trinajstić information content (AvgIpc) is 3.32. The number of phenolic OH excluding ortho intramolecular Hbond substituents is 1. The van der Waals surface area contributed by atoms with E-state index in [4.69, 9.17) is 9.47 Å². The molecule has 168 valence electrons. The van der Waals surface area contributed by atoms with Gasteiger partial charge in [0.1, 0.15) is 23.9 Å². The van der Waals surface area contributed by atoms with Crippen molar-refractivity contribution in [2.24, 2.45) is 15.2 Å². The Hall–Kier alpha value is -4.27. The second-order valence-corrected chi connectivity index (χ2v) is 7.38. The SMILES string of the molecule is CN(C)c1ccc(/N=N/c2ccc(C(=O)Oc3ccc(C4=NCCO4)c(O)c3)c(F)c2)cc1. The van der Waals surface area contributed by atoms with Gasteiger partial charge in [0.15, 0.2) is 0 Å². The fourth-order valence-corrected chi connectivity index (χ4v) is 3.08. The van der Waals surface area contributed by atoms with Crippen LogP contribution in [0.2, 0.25) is 0 Å². The summed E-state index contributed by atoms with van der Waals surface area (Å²) >= 11 is 0. The van der Waals surface area contributed by atoms with Crippen molar-refractivity contribution >= 4 is 28.9 Å². The van der Waals surface area contributed by atoms with Gasteiger partial charge in [-0.15, -0.1) is 0 Å². The van der Waals surface area contributed by atoms with Crippen molar-refractivity contribution in [1.82, 2.24) is 0 Å². The summed E-state index contributed by atoms with van der Waals surface area (Å²) < 4.78 is 25.0. The summed E-state index contributed by atoms with van der Waals surface area (Å²) in [7, 11) is 3.87. The molecule has 0 radical (unpaired) electrons. The Balaban J connectivity index is 1.44. The topological polar surface area (TPSA) is 96.1 Å². The smallest absolute Gasteiger partial charge is 0.346 e. The monoisotopic (exact) mass is 448 g/mol. The van der Waals surface area contributed by atoms with Crippen LogP contribution in [0.15, 0.2) is 75.9 Å². The molecule has 0 saturated heterocycles. The zero-order valence-corrected chi connectivity index (χ0v) is 18.0. The highest BCUT2D eigenvalue weighted by atomic mass is 19.1. The van der Waals surface area contributed by atoms with Crippen LogP contribution in [0, 0.1) is 5.82 Å². The number of esters is 1. The molecule has 3 aromatic rings. The van der Waals surface area contributed by atoms with Gasteiger partial charge < -0.3 is 19.5 Å². The number of ether oxygens (including phenoxy) is 2. The van der Waals surface area contributed by atoms with Crippen LogP contribution in [0.3, 0.4) is 0 Å². The van der Waals surface area contributed by atoms with Crippen molar-refractivity contribution in [3.05, 3.63) is 77.6 Å². The number of nitrogens with zero attached hydrogens (tertiary/aromatic N) is 4. The van der Waals surface area contributed by atoms with Crippen molar-refractivity contribution < 1.29 is 23.8 Å². The van der Waals surface area contributed by atoms with Gasteiger partial charge >= 0.3 is 5.97 Å². The fraction of sp³-hybridized carbons (Fsp3) is 0.167. The number of anilines is 1. The maximum Gasteiger partial charge on any atom is 0.346 e. The van der Waals surface area contributed by atoms with Crippen LogP contribution in [-0.4, -0.2) is 44.2 Å². The Labute approximate surface area is 189 Å². The van der Waals surface area contributed by atoms with E-state index in [0.717, 1.165) is 11.8 Å². The first-order valence-corrected chi connectivity index (χ1v) is 10.1. The minimum Gasteiger partial charge on any atom is -0.507 e. The first-order chi connectivity index (χ1) is 15.9. The quantitative estimate of drug-likeness (QED) is 0.325. The van der Waals surface area contributed by atoms with Gasteiger partial charge in [0.2, 0.25) is 5.90 Å². The van der Waals surface area contributed by atoms with Crippen LogP contribution >= 0.6 is 0 Å². The summed E-state index contributed by atoms with van der Waals surface area (Å²) in [6, 6.07) is 15.5. The molecule has 4 rings (SSSR count). The van der Waals surface area contributed by atoms with E-state index in [1.165, 1.54) is 30.3 Å². The highest BCUT2D eigenvalue weighted by Gasteiger charge is 2.18. The van der Waals surface area contributed by atoms with Gasteiger partial charge in [0, 0.05) is 31.9 Å². The summed E-state index contributed by atoms with van der Waals surface area (Å²) in [5.74, 6) is -1.47. The number of rotatable bonds is 6. The number of benzene rings is 3. The maximum absolute atomic E-state index is 14.5. The highest BCUT2D eigenvalue weighted by molar-refractivity contribution is 5.98. The molecular formula is C24H21FN4O4. The van der Waals surface area contributed by atoms with Crippen LogP contribution in [0.25, 0.3) is 0 Å². The van der Waals surface area contributed by atoms with Crippen molar-refractivity contribution in [3.63, 3.8) is 0 Å². The van der Waals surface area contributed by atoms with Gasteiger partial charge in [0.25, 0.3) is 0 Å². The van der Waals surface area contributed by atoms with E-state index in [9.17, 15) is 14.3 Å². The van der Waals surface area contributed by atoms with Gasteiger partial charge in [-0.05, 0) is 48.5 Å². The van der Waals surface area contributed by atoms with E-state index >= 15 is 0 Å². The summed E-state index contributed by atoms with van der Waals surface area (Å²) in [5, 5.41) is 18.3. The lowest BCUT2D eigenvalue weighted by Gasteiger charge is -2.11. The minimum atomic E-state index is -0.906. The van der Waals surface area contributed by atoms with Crippen LogP contribution in [0.5, 0.6) is 11.5 Å². The number of phenols is 1. The minimum absolute atomic E-state index is 0.0594. The summed E-state index contributed by atoms with van der Waals surface area (Å²) in [4.78, 5) is 18.5. The molecular weight excluding hydrogens is 427 g/mol. The van der Waals surface area contributed by atoms with Gasteiger partial charge in [0.05, 0.1) is 29.0 Å². The number of hydrogen-bond donors (Lipinski definition) is 1. The third kappa shape index (κ3) is 5.15. The molecule has 0 atom stereocenters. The van der Waals surface area contributed by atoms with Crippen LogP contribution < -0.4 is 9.64 Å². The molecule has 0 saturated carbocycles. The molecule has 0 fully saturated rings. The number of halogens is 1. The lowest BCUT2D eigenvalue weighted by Crippen LogP contribution is -2.11. The lowest BCUT2D eigenvalue weighted by atomic mass is 10.2. The zero-order chi connectivity index (χ0) is 23.4. The largest absolute Gasteiger partial charge is 0.507 e. The molecule has 0 aliphatic carbocycles. The Kier molecular flexibility index (Phi) is 6.30. The first kappa shape index (κ1) is 21.9. The lowest BCUT2D eigenvalue weighted by molar-refractivity contribution is 0.0730. The van der Waals surface area contributed by atoms with Gasteiger partial charge in [-0.25, -0.2) is 14.2 Å². The molecule has 3 aromatic carbocycles. The van der Waals surface area contributed by atoms with Crippen LogP contribution in [0.1, 0.15) is 15.9 Å². The molecule has 0 bridgehead atoms. The number of hydrogen-bond acceptors (Lipinski definition) is 8. The van der Waals surface area contributed by atoms with Crippen molar-refractivity contribution in [2.45, 2.75) is 0 Å².